The van der Waals surface area contributed by atoms with Gasteiger partial charge < -0.3 is 14.8 Å². The highest BCUT2D eigenvalue weighted by atomic mass is 16.5. The number of amides is 1. The molecule has 1 heterocycles. The minimum Gasteiger partial charge on any atom is -0.493 e. The zero-order chi connectivity index (χ0) is 20.1. The molecule has 0 saturated carbocycles. The van der Waals surface area contributed by atoms with Crippen LogP contribution in [0.4, 0.5) is 5.69 Å². The van der Waals surface area contributed by atoms with Gasteiger partial charge in [-0.1, -0.05) is 36.8 Å². The minimum absolute atomic E-state index is 0.0423. The van der Waals surface area contributed by atoms with Crippen molar-refractivity contribution in [3.63, 3.8) is 0 Å². The first kappa shape index (κ1) is 20.4. The Morgan fingerprint density at radius 1 is 1.07 bits per heavy atom. The van der Waals surface area contributed by atoms with Crippen LogP contribution in [0.25, 0.3) is 0 Å². The standard InChI is InChI=1S/C24H31NO3/c1-5-12-28-22-18(3)15-21(16-19(22)4)25-23(26)24(10-13-27-14-11-24)20-8-6-17(2)7-9-20/h6-9,15-16H,5,10-14H2,1-4H3,(H,25,26). The van der Waals surface area contributed by atoms with Crippen molar-refractivity contribution >= 4 is 11.6 Å². The van der Waals surface area contributed by atoms with Crippen molar-refractivity contribution in [2.75, 3.05) is 25.1 Å². The Bertz CT molecular complexity index is 797. The van der Waals surface area contributed by atoms with Crippen LogP contribution in [0.5, 0.6) is 5.75 Å². The van der Waals surface area contributed by atoms with E-state index in [9.17, 15) is 4.79 Å². The highest BCUT2D eigenvalue weighted by Gasteiger charge is 2.41. The number of benzene rings is 2. The molecule has 0 aliphatic carbocycles. The predicted molar refractivity (Wildman–Crippen MR) is 113 cm³/mol. The normalized spacial score (nSPS) is 15.9. The van der Waals surface area contributed by atoms with Crippen molar-refractivity contribution in [1.82, 2.24) is 0 Å². The lowest BCUT2D eigenvalue weighted by atomic mass is 9.73. The van der Waals surface area contributed by atoms with Crippen molar-refractivity contribution in [3.05, 3.63) is 58.7 Å². The third-order valence-corrected chi connectivity index (χ3v) is 5.55. The van der Waals surface area contributed by atoms with Crippen LogP contribution in [-0.4, -0.2) is 25.7 Å². The van der Waals surface area contributed by atoms with Gasteiger partial charge in [0.05, 0.1) is 12.0 Å². The van der Waals surface area contributed by atoms with E-state index >= 15 is 0 Å². The van der Waals surface area contributed by atoms with E-state index in [0.717, 1.165) is 34.5 Å². The van der Waals surface area contributed by atoms with Gasteiger partial charge in [0, 0.05) is 18.9 Å². The predicted octanol–water partition coefficient (Wildman–Crippen LogP) is 5.09. The molecule has 28 heavy (non-hydrogen) atoms. The summed E-state index contributed by atoms with van der Waals surface area (Å²) in [6.45, 7) is 10.1. The van der Waals surface area contributed by atoms with Crippen molar-refractivity contribution in [1.29, 1.82) is 0 Å². The van der Waals surface area contributed by atoms with Gasteiger partial charge >= 0.3 is 0 Å². The first-order chi connectivity index (χ1) is 13.5. The molecule has 0 spiro atoms. The number of aryl methyl sites for hydroxylation is 3. The number of carbonyl (C=O) groups excluding carboxylic acids is 1. The Kier molecular flexibility index (Phi) is 6.40. The molecular formula is C24H31NO3. The maximum atomic E-state index is 13.5. The summed E-state index contributed by atoms with van der Waals surface area (Å²) in [5, 5.41) is 3.18. The van der Waals surface area contributed by atoms with Gasteiger partial charge in [0.1, 0.15) is 5.75 Å². The average Bonchev–Trinajstić information content (AvgIpc) is 2.68. The lowest BCUT2D eigenvalue weighted by Gasteiger charge is -2.36. The Morgan fingerprint density at radius 3 is 2.25 bits per heavy atom. The smallest absolute Gasteiger partial charge is 0.235 e. The highest BCUT2D eigenvalue weighted by molar-refractivity contribution is 5.99. The quantitative estimate of drug-likeness (QED) is 0.758. The summed E-state index contributed by atoms with van der Waals surface area (Å²) in [6.07, 6.45) is 2.35. The Hall–Kier alpha value is -2.33. The lowest BCUT2D eigenvalue weighted by Crippen LogP contribution is -2.44. The number of anilines is 1. The van der Waals surface area contributed by atoms with Gasteiger partial charge in [-0.15, -0.1) is 0 Å². The van der Waals surface area contributed by atoms with Gasteiger partial charge in [0.25, 0.3) is 0 Å². The summed E-state index contributed by atoms with van der Waals surface area (Å²) in [4.78, 5) is 13.5. The summed E-state index contributed by atoms with van der Waals surface area (Å²) in [5.41, 5.74) is 4.61. The number of rotatable bonds is 6. The Labute approximate surface area is 168 Å². The molecule has 2 aromatic carbocycles. The van der Waals surface area contributed by atoms with Crippen molar-refractivity contribution in [2.24, 2.45) is 0 Å². The van der Waals surface area contributed by atoms with Gasteiger partial charge in [-0.2, -0.15) is 0 Å². The summed E-state index contributed by atoms with van der Waals surface area (Å²) in [5.74, 6) is 0.958. The van der Waals surface area contributed by atoms with Crippen molar-refractivity contribution in [2.45, 2.75) is 52.4 Å². The molecule has 2 aromatic rings. The number of carbonyl (C=O) groups is 1. The number of nitrogens with one attached hydrogen (secondary N) is 1. The summed E-state index contributed by atoms with van der Waals surface area (Å²) >= 11 is 0. The van der Waals surface area contributed by atoms with Crippen LogP contribution in [-0.2, 0) is 14.9 Å². The molecule has 4 nitrogen and oxygen atoms in total. The van der Waals surface area contributed by atoms with Crippen LogP contribution in [0.15, 0.2) is 36.4 Å². The van der Waals surface area contributed by atoms with Crippen molar-refractivity contribution in [3.8, 4) is 5.75 Å². The fourth-order valence-electron chi connectivity index (χ4n) is 3.94. The van der Waals surface area contributed by atoms with E-state index in [1.807, 2.05) is 26.0 Å². The highest BCUT2D eigenvalue weighted by Crippen LogP contribution is 2.37. The topological polar surface area (TPSA) is 47.6 Å². The van der Waals surface area contributed by atoms with Crippen LogP contribution < -0.4 is 10.1 Å². The van der Waals surface area contributed by atoms with E-state index in [2.05, 4.69) is 43.4 Å². The fourth-order valence-corrected chi connectivity index (χ4v) is 3.94. The van der Waals surface area contributed by atoms with Gasteiger partial charge in [-0.05, 0) is 68.9 Å². The molecule has 0 atom stereocenters. The summed E-state index contributed by atoms with van der Waals surface area (Å²) in [7, 11) is 0. The Morgan fingerprint density at radius 2 is 1.68 bits per heavy atom. The second-order valence-corrected chi connectivity index (χ2v) is 7.80. The van der Waals surface area contributed by atoms with E-state index in [-0.39, 0.29) is 5.91 Å². The first-order valence-corrected chi connectivity index (χ1v) is 10.2. The molecule has 4 heteroatoms. The molecule has 0 radical (unpaired) electrons. The molecule has 0 bridgehead atoms. The second-order valence-electron chi connectivity index (χ2n) is 7.80. The summed E-state index contributed by atoms with van der Waals surface area (Å²) < 4.78 is 11.4. The van der Waals surface area contributed by atoms with E-state index in [1.165, 1.54) is 5.56 Å². The first-order valence-electron chi connectivity index (χ1n) is 10.2. The maximum Gasteiger partial charge on any atom is 0.235 e. The van der Waals surface area contributed by atoms with Crippen LogP contribution >= 0.6 is 0 Å². The van der Waals surface area contributed by atoms with Crippen LogP contribution in [0, 0.1) is 20.8 Å². The molecule has 150 valence electrons. The fraction of sp³-hybridized carbons (Fsp3) is 0.458. The van der Waals surface area contributed by atoms with E-state index in [1.54, 1.807) is 0 Å². The molecule has 1 fully saturated rings. The molecule has 3 rings (SSSR count). The monoisotopic (exact) mass is 381 g/mol. The van der Waals surface area contributed by atoms with Crippen LogP contribution in [0.1, 0.15) is 48.4 Å². The number of ether oxygens (including phenoxy) is 2. The minimum atomic E-state index is -0.550. The SMILES string of the molecule is CCCOc1c(C)cc(NC(=O)C2(c3ccc(C)cc3)CCOCC2)cc1C. The van der Waals surface area contributed by atoms with Gasteiger partial charge in [-0.3, -0.25) is 4.79 Å². The maximum absolute atomic E-state index is 13.5. The molecule has 1 aliphatic rings. The van der Waals surface area contributed by atoms with E-state index in [4.69, 9.17) is 9.47 Å². The third kappa shape index (κ3) is 4.22. The zero-order valence-corrected chi connectivity index (χ0v) is 17.4. The molecule has 1 aliphatic heterocycles. The van der Waals surface area contributed by atoms with Gasteiger partial charge in [-0.25, -0.2) is 0 Å². The number of hydrogen-bond acceptors (Lipinski definition) is 3. The average molecular weight is 382 g/mol. The Balaban J connectivity index is 1.87. The van der Waals surface area contributed by atoms with Crippen LogP contribution in [0.2, 0.25) is 0 Å². The van der Waals surface area contributed by atoms with Crippen LogP contribution in [0.3, 0.4) is 0 Å². The molecule has 0 aromatic heterocycles. The summed E-state index contributed by atoms with van der Waals surface area (Å²) in [6, 6.07) is 12.3. The zero-order valence-electron chi connectivity index (χ0n) is 17.4. The van der Waals surface area contributed by atoms with E-state index < -0.39 is 5.41 Å². The molecule has 1 N–H and O–H groups in total. The van der Waals surface area contributed by atoms with Gasteiger partial charge in [0.15, 0.2) is 0 Å². The third-order valence-electron chi connectivity index (χ3n) is 5.55. The molecule has 1 saturated heterocycles. The van der Waals surface area contributed by atoms with Crippen molar-refractivity contribution < 1.29 is 14.3 Å². The lowest BCUT2D eigenvalue weighted by molar-refractivity contribution is -0.125. The molecule has 0 unspecified atom stereocenters. The largest absolute Gasteiger partial charge is 0.493 e. The number of hydrogen-bond donors (Lipinski definition) is 1. The molecular weight excluding hydrogens is 350 g/mol. The van der Waals surface area contributed by atoms with E-state index in [0.29, 0.717) is 32.7 Å². The molecule has 1 amide bonds. The second kappa shape index (κ2) is 8.78. The van der Waals surface area contributed by atoms with Gasteiger partial charge in [0.2, 0.25) is 5.91 Å².